The van der Waals surface area contributed by atoms with Crippen LogP contribution in [0.25, 0.3) is 11.1 Å². The van der Waals surface area contributed by atoms with Gasteiger partial charge in [-0.15, -0.1) is 0 Å². The summed E-state index contributed by atoms with van der Waals surface area (Å²) in [6.45, 7) is 5.91. The molecule has 2 rings (SSSR count). The fourth-order valence-electron chi connectivity index (χ4n) is 2.06. The lowest BCUT2D eigenvalue weighted by atomic mass is 9.95. The number of halogens is 1. The molecule has 0 aliphatic heterocycles. The highest BCUT2D eigenvalue weighted by Crippen LogP contribution is 2.29. The molecule has 2 aromatic rings. The van der Waals surface area contributed by atoms with E-state index in [0.29, 0.717) is 5.56 Å². The molecule has 2 heteroatoms. The van der Waals surface area contributed by atoms with Crippen LogP contribution in [0, 0.1) is 19.7 Å². The molecule has 0 aliphatic carbocycles. The number of aryl methyl sites for hydroxylation is 2. The molecule has 0 radical (unpaired) electrons. The fourth-order valence-corrected chi connectivity index (χ4v) is 2.06. The summed E-state index contributed by atoms with van der Waals surface area (Å²) in [6, 6.07) is 11.1. The Kier molecular flexibility index (Phi) is 3.48. The van der Waals surface area contributed by atoms with Crippen molar-refractivity contribution in [1.29, 1.82) is 0 Å². The largest absolute Gasteiger partial charge is 0.324 e. The van der Waals surface area contributed by atoms with Crippen LogP contribution in [-0.4, -0.2) is 0 Å². The maximum absolute atomic E-state index is 14.0. The zero-order chi connectivity index (χ0) is 13.3. The molecule has 1 atom stereocenters. The Bertz CT molecular complexity index is 573. The number of hydrogen-bond acceptors (Lipinski definition) is 1. The summed E-state index contributed by atoms with van der Waals surface area (Å²) in [7, 11) is 0. The topological polar surface area (TPSA) is 26.0 Å². The van der Waals surface area contributed by atoms with E-state index in [0.717, 1.165) is 22.3 Å². The average molecular weight is 243 g/mol. The van der Waals surface area contributed by atoms with E-state index in [1.807, 2.05) is 45.0 Å². The van der Waals surface area contributed by atoms with Gasteiger partial charge in [-0.2, -0.15) is 0 Å². The lowest BCUT2D eigenvalue weighted by Gasteiger charge is -2.12. The lowest BCUT2D eigenvalue weighted by Crippen LogP contribution is -2.05. The van der Waals surface area contributed by atoms with Crippen LogP contribution in [-0.2, 0) is 0 Å². The molecule has 0 spiro atoms. The summed E-state index contributed by atoms with van der Waals surface area (Å²) in [6.07, 6.45) is 0. The smallest absolute Gasteiger partial charge is 0.131 e. The minimum absolute atomic E-state index is 0.0885. The van der Waals surface area contributed by atoms with Gasteiger partial charge in [-0.25, -0.2) is 4.39 Å². The molecule has 0 saturated carbocycles. The summed E-state index contributed by atoms with van der Waals surface area (Å²) in [5.41, 5.74) is 10.6. The molecule has 0 aliphatic rings. The monoisotopic (exact) mass is 243 g/mol. The SMILES string of the molecule is Cc1ccc(C)c(-c2cc(C(C)N)ccc2F)c1. The van der Waals surface area contributed by atoms with Crippen molar-refractivity contribution in [2.45, 2.75) is 26.8 Å². The van der Waals surface area contributed by atoms with Gasteiger partial charge >= 0.3 is 0 Å². The van der Waals surface area contributed by atoms with Crippen LogP contribution < -0.4 is 5.73 Å². The fraction of sp³-hybridized carbons (Fsp3) is 0.250. The van der Waals surface area contributed by atoms with Gasteiger partial charge in [-0.1, -0.05) is 29.8 Å². The molecule has 0 bridgehead atoms. The summed E-state index contributed by atoms with van der Waals surface area (Å²) in [5, 5.41) is 0. The van der Waals surface area contributed by atoms with Gasteiger partial charge in [0.25, 0.3) is 0 Å². The molecular weight excluding hydrogens is 225 g/mol. The minimum Gasteiger partial charge on any atom is -0.324 e. The first-order valence-corrected chi connectivity index (χ1v) is 6.11. The lowest BCUT2D eigenvalue weighted by molar-refractivity contribution is 0.629. The first kappa shape index (κ1) is 12.8. The molecule has 2 N–H and O–H groups in total. The van der Waals surface area contributed by atoms with E-state index < -0.39 is 0 Å². The zero-order valence-electron chi connectivity index (χ0n) is 11.0. The van der Waals surface area contributed by atoms with Gasteiger partial charge in [-0.3, -0.25) is 0 Å². The zero-order valence-corrected chi connectivity index (χ0v) is 11.0. The Morgan fingerprint density at radius 1 is 1.00 bits per heavy atom. The van der Waals surface area contributed by atoms with Gasteiger partial charge in [0.05, 0.1) is 0 Å². The van der Waals surface area contributed by atoms with Crippen LogP contribution in [0.2, 0.25) is 0 Å². The second-order valence-electron chi connectivity index (χ2n) is 4.85. The summed E-state index contributed by atoms with van der Waals surface area (Å²) >= 11 is 0. The Morgan fingerprint density at radius 3 is 2.39 bits per heavy atom. The second kappa shape index (κ2) is 4.91. The number of nitrogens with two attached hydrogens (primary N) is 1. The van der Waals surface area contributed by atoms with Gasteiger partial charge in [0.1, 0.15) is 5.82 Å². The molecular formula is C16H18FN. The molecule has 18 heavy (non-hydrogen) atoms. The Balaban J connectivity index is 2.62. The number of hydrogen-bond donors (Lipinski definition) is 1. The van der Waals surface area contributed by atoms with Crippen molar-refractivity contribution in [3.8, 4) is 11.1 Å². The van der Waals surface area contributed by atoms with Crippen LogP contribution in [0.4, 0.5) is 4.39 Å². The molecule has 0 saturated heterocycles. The van der Waals surface area contributed by atoms with E-state index in [2.05, 4.69) is 0 Å². The molecule has 2 aromatic carbocycles. The molecule has 1 nitrogen and oxygen atoms in total. The van der Waals surface area contributed by atoms with Crippen molar-refractivity contribution in [2.75, 3.05) is 0 Å². The van der Waals surface area contributed by atoms with Crippen molar-refractivity contribution < 1.29 is 4.39 Å². The maximum atomic E-state index is 14.0. The van der Waals surface area contributed by atoms with Gasteiger partial charge in [0.2, 0.25) is 0 Å². The predicted octanol–water partition coefficient (Wildman–Crippen LogP) is 4.13. The van der Waals surface area contributed by atoms with Crippen LogP contribution in [0.15, 0.2) is 36.4 Å². The Morgan fingerprint density at radius 2 is 1.72 bits per heavy atom. The van der Waals surface area contributed by atoms with Crippen molar-refractivity contribution in [3.63, 3.8) is 0 Å². The minimum atomic E-state index is -0.201. The highest BCUT2D eigenvalue weighted by Gasteiger charge is 2.10. The van der Waals surface area contributed by atoms with Gasteiger partial charge in [-0.05, 0) is 49.6 Å². The summed E-state index contributed by atoms with van der Waals surface area (Å²) in [4.78, 5) is 0. The first-order valence-electron chi connectivity index (χ1n) is 6.11. The second-order valence-corrected chi connectivity index (χ2v) is 4.85. The number of benzene rings is 2. The third-order valence-electron chi connectivity index (χ3n) is 3.20. The van der Waals surface area contributed by atoms with Crippen LogP contribution >= 0.6 is 0 Å². The molecule has 94 valence electrons. The standard InChI is InChI=1S/C16H18FN/c1-10-4-5-11(2)14(8-10)15-9-13(12(3)18)6-7-16(15)17/h4-9,12H,18H2,1-3H3. The molecule has 0 aromatic heterocycles. The Hall–Kier alpha value is -1.67. The van der Waals surface area contributed by atoms with Crippen LogP contribution in [0.3, 0.4) is 0 Å². The van der Waals surface area contributed by atoms with Gasteiger partial charge in [0.15, 0.2) is 0 Å². The normalized spacial score (nSPS) is 12.5. The molecule has 0 heterocycles. The van der Waals surface area contributed by atoms with E-state index in [9.17, 15) is 4.39 Å². The van der Waals surface area contributed by atoms with Gasteiger partial charge in [0, 0.05) is 11.6 Å². The van der Waals surface area contributed by atoms with Crippen molar-refractivity contribution in [1.82, 2.24) is 0 Å². The molecule has 1 unspecified atom stereocenters. The van der Waals surface area contributed by atoms with E-state index in [1.165, 1.54) is 6.07 Å². The van der Waals surface area contributed by atoms with Crippen molar-refractivity contribution in [3.05, 3.63) is 58.9 Å². The van der Waals surface area contributed by atoms with Gasteiger partial charge < -0.3 is 5.73 Å². The number of rotatable bonds is 2. The van der Waals surface area contributed by atoms with Crippen LogP contribution in [0.1, 0.15) is 29.7 Å². The summed E-state index contributed by atoms with van der Waals surface area (Å²) < 4.78 is 14.0. The van der Waals surface area contributed by atoms with E-state index in [-0.39, 0.29) is 11.9 Å². The average Bonchev–Trinajstić information content (AvgIpc) is 2.33. The van der Waals surface area contributed by atoms with Crippen molar-refractivity contribution >= 4 is 0 Å². The van der Waals surface area contributed by atoms with Crippen LogP contribution in [0.5, 0.6) is 0 Å². The van der Waals surface area contributed by atoms with E-state index in [4.69, 9.17) is 5.73 Å². The first-order chi connectivity index (χ1) is 8.49. The quantitative estimate of drug-likeness (QED) is 0.843. The predicted molar refractivity (Wildman–Crippen MR) is 73.9 cm³/mol. The third kappa shape index (κ3) is 2.44. The Labute approximate surface area is 107 Å². The maximum Gasteiger partial charge on any atom is 0.131 e. The molecule has 0 amide bonds. The molecule has 0 fully saturated rings. The summed E-state index contributed by atoms with van der Waals surface area (Å²) in [5.74, 6) is -0.201. The van der Waals surface area contributed by atoms with E-state index in [1.54, 1.807) is 6.07 Å². The van der Waals surface area contributed by atoms with E-state index >= 15 is 0 Å². The third-order valence-corrected chi connectivity index (χ3v) is 3.20. The highest BCUT2D eigenvalue weighted by molar-refractivity contribution is 5.69. The highest BCUT2D eigenvalue weighted by atomic mass is 19.1. The van der Waals surface area contributed by atoms with Crippen molar-refractivity contribution in [2.24, 2.45) is 5.73 Å².